The normalized spacial score (nSPS) is 15.5. The van der Waals surface area contributed by atoms with Crippen LogP contribution < -0.4 is 16.0 Å². The third kappa shape index (κ3) is 10.3. The summed E-state index contributed by atoms with van der Waals surface area (Å²) in [5.74, 6) is 0.435. The van der Waals surface area contributed by atoms with Gasteiger partial charge in [-0.05, 0) is 50.4 Å². The van der Waals surface area contributed by atoms with Gasteiger partial charge < -0.3 is 20.9 Å². The van der Waals surface area contributed by atoms with Crippen LogP contribution in [0.1, 0.15) is 38.7 Å². The average Bonchev–Trinajstić information content (AvgIpc) is 2.69. The lowest BCUT2D eigenvalue weighted by molar-refractivity contribution is -0.120. The number of aliphatic imine (C=N–C) groups is 1. The highest BCUT2D eigenvalue weighted by Crippen LogP contribution is 2.10. The molecule has 0 saturated carbocycles. The van der Waals surface area contributed by atoms with Gasteiger partial charge >= 0.3 is 0 Å². The minimum atomic E-state index is -0.294. The zero-order chi connectivity index (χ0) is 20.2. The van der Waals surface area contributed by atoms with Gasteiger partial charge in [0, 0.05) is 32.2 Å². The average molecular weight is 519 g/mol. The number of guanidine groups is 1. The number of carbonyl (C=O) groups excluding carboxylic acids is 1. The maximum absolute atomic E-state index is 12.9. The van der Waals surface area contributed by atoms with Crippen molar-refractivity contribution in [3.8, 4) is 0 Å². The van der Waals surface area contributed by atoms with Crippen molar-refractivity contribution in [3.63, 3.8) is 0 Å². The number of nitrogens with one attached hydrogen (secondary N) is 3. The second-order valence-electron chi connectivity index (χ2n) is 7.17. The Hall–Kier alpha value is -1.42. The Kier molecular flexibility index (Phi) is 12.8. The molecule has 164 valence electrons. The predicted molar refractivity (Wildman–Crippen MR) is 127 cm³/mol. The van der Waals surface area contributed by atoms with Gasteiger partial charge in [-0.25, -0.2) is 4.39 Å². The molecule has 0 aliphatic carbocycles. The summed E-state index contributed by atoms with van der Waals surface area (Å²) in [5.41, 5.74) is 0.798. The third-order valence-electron chi connectivity index (χ3n) is 4.79. The van der Waals surface area contributed by atoms with E-state index in [0.29, 0.717) is 19.1 Å². The van der Waals surface area contributed by atoms with Gasteiger partial charge in [0.15, 0.2) is 5.96 Å². The van der Waals surface area contributed by atoms with Crippen LogP contribution in [0.3, 0.4) is 0 Å². The topological polar surface area (TPSA) is 68.8 Å². The van der Waals surface area contributed by atoms with Gasteiger partial charge in [-0.15, -0.1) is 24.0 Å². The van der Waals surface area contributed by atoms with Gasteiger partial charge in [0.2, 0.25) is 5.91 Å². The lowest BCUT2D eigenvalue weighted by atomic mass is 10.1. The second kappa shape index (κ2) is 14.5. The second-order valence-corrected chi connectivity index (χ2v) is 7.17. The zero-order valence-electron chi connectivity index (χ0n) is 17.5. The van der Waals surface area contributed by atoms with E-state index in [0.717, 1.165) is 44.0 Å². The number of hydrogen-bond acceptors (Lipinski definition) is 3. The van der Waals surface area contributed by atoms with E-state index in [-0.39, 0.29) is 42.1 Å². The molecule has 0 bridgehead atoms. The van der Waals surface area contributed by atoms with Gasteiger partial charge in [0.05, 0.1) is 13.0 Å². The molecule has 1 aliphatic rings. The number of nitrogens with zero attached hydrogens (tertiary/aromatic N) is 2. The molecule has 1 amide bonds. The van der Waals surface area contributed by atoms with Crippen LogP contribution in [0.25, 0.3) is 0 Å². The summed E-state index contributed by atoms with van der Waals surface area (Å²) in [5, 5.41) is 9.66. The van der Waals surface area contributed by atoms with Crippen LogP contribution in [-0.4, -0.2) is 62.1 Å². The monoisotopic (exact) mass is 519 g/mol. The Bertz CT molecular complexity index is 618. The number of carbonyl (C=O) groups is 1. The van der Waals surface area contributed by atoms with Crippen LogP contribution >= 0.6 is 24.0 Å². The standard InChI is InChI=1S/C21H34FN5O.HI/c1-3-13-27-14-9-19(10-15-27)26-21(23-4-2)25-12-11-24-20(28)16-17-5-7-18(22)8-6-17;/h5-8,19H,3-4,9-16H2,1-2H3,(H,24,28)(H2,23,25,26);1H. The van der Waals surface area contributed by atoms with Crippen molar-refractivity contribution in [2.45, 2.75) is 45.6 Å². The van der Waals surface area contributed by atoms with Gasteiger partial charge in [-0.2, -0.15) is 0 Å². The van der Waals surface area contributed by atoms with E-state index in [1.807, 2.05) is 6.92 Å². The van der Waals surface area contributed by atoms with E-state index in [9.17, 15) is 9.18 Å². The Morgan fingerprint density at radius 1 is 1.17 bits per heavy atom. The van der Waals surface area contributed by atoms with Gasteiger partial charge in [0.25, 0.3) is 0 Å². The number of halogens is 2. The van der Waals surface area contributed by atoms with Crippen LogP contribution in [0.15, 0.2) is 29.3 Å². The maximum Gasteiger partial charge on any atom is 0.224 e. The molecule has 1 saturated heterocycles. The summed E-state index contributed by atoms with van der Waals surface area (Å²) in [6.07, 6.45) is 3.70. The molecule has 0 atom stereocenters. The molecule has 1 heterocycles. The number of likely N-dealkylation sites (tertiary alicyclic amines) is 1. The van der Waals surface area contributed by atoms with Crippen LogP contribution in [-0.2, 0) is 11.2 Å². The minimum Gasteiger partial charge on any atom is -0.357 e. The number of piperidine rings is 1. The molecule has 1 fully saturated rings. The van der Waals surface area contributed by atoms with E-state index in [2.05, 4.69) is 32.8 Å². The summed E-state index contributed by atoms with van der Waals surface area (Å²) in [4.78, 5) is 19.1. The summed E-state index contributed by atoms with van der Waals surface area (Å²) in [6, 6.07) is 6.44. The molecule has 0 spiro atoms. The molecule has 6 nitrogen and oxygen atoms in total. The zero-order valence-corrected chi connectivity index (χ0v) is 19.9. The quantitative estimate of drug-likeness (QED) is 0.203. The molecular formula is C21H35FIN5O. The van der Waals surface area contributed by atoms with Gasteiger partial charge in [-0.3, -0.25) is 9.79 Å². The predicted octanol–water partition coefficient (Wildman–Crippen LogP) is 2.53. The van der Waals surface area contributed by atoms with Crippen molar-refractivity contribution in [2.75, 3.05) is 39.3 Å². The van der Waals surface area contributed by atoms with Crippen LogP contribution in [0.2, 0.25) is 0 Å². The Morgan fingerprint density at radius 2 is 1.86 bits per heavy atom. The first-order valence-electron chi connectivity index (χ1n) is 10.4. The van der Waals surface area contributed by atoms with E-state index >= 15 is 0 Å². The van der Waals surface area contributed by atoms with E-state index < -0.39 is 0 Å². The van der Waals surface area contributed by atoms with E-state index in [4.69, 9.17) is 0 Å². The molecule has 1 aromatic carbocycles. The van der Waals surface area contributed by atoms with E-state index in [1.54, 1.807) is 12.1 Å². The maximum atomic E-state index is 12.9. The number of benzene rings is 1. The fourth-order valence-corrected chi connectivity index (χ4v) is 3.34. The molecule has 8 heteroatoms. The highest BCUT2D eigenvalue weighted by Gasteiger charge is 2.19. The smallest absolute Gasteiger partial charge is 0.224 e. The molecule has 3 N–H and O–H groups in total. The third-order valence-corrected chi connectivity index (χ3v) is 4.79. The summed E-state index contributed by atoms with van der Waals surface area (Å²) >= 11 is 0. The van der Waals surface area contributed by atoms with Crippen molar-refractivity contribution in [1.82, 2.24) is 20.9 Å². The number of rotatable bonds is 9. The van der Waals surface area contributed by atoms with Gasteiger partial charge in [-0.1, -0.05) is 19.1 Å². The van der Waals surface area contributed by atoms with Crippen molar-refractivity contribution >= 4 is 35.8 Å². The first-order valence-corrected chi connectivity index (χ1v) is 10.4. The first kappa shape index (κ1) is 25.6. The molecule has 1 aliphatic heterocycles. The van der Waals surface area contributed by atoms with Crippen molar-refractivity contribution in [3.05, 3.63) is 35.6 Å². The largest absolute Gasteiger partial charge is 0.357 e. The van der Waals surface area contributed by atoms with Crippen molar-refractivity contribution in [1.29, 1.82) is 0 Å². The summed E-state index contributed by atoms with van der Waals surface area (Å²) < 4.78 is 12.9. The lowest BCUT2D eigenvalue weighted by Crippen LogP contribution is -2.49. The summed E-state index contributed by atoms with van der Waals surface area (Å²) in [6.45, 7) is 9.50. The highest BCUT2D eigenvalue weighted by molar-refractivity contribution is 14.0. The van der Waals surface area contributed by atoms with Gasteiger partial charge in [0.1, 0.15) is 5.82 Å². The fraction of sp³-hybridized carbons (Fsp3) is 0.619. The highest BCUT2D eigenvalue weighted by atomic mass is 127. The Balaban J connectivity index is 0.00000420. The fourth-order valence-electron chi connectivity index (χ4n) is 3.34. The molecule has 2 rings (SSSR count). The Labute approximate surface area is 191 Å². The van der Waals surface area contributed by atoms with Crippen LogP contribution in [0.5, 0.6) is 0 Å². The molecule has 0 unspecified atom stereocenters. The van der Waals surface area contributed by atoms with Crippen molar-refractivity contribution < 1.29 is 9.18 Å². The minimum absolute atomic E-state index is 0. The molecule has 29 heavy (non-hydrogen) atoms. The SMILES string of the molecule is CCCN1CCC(NC(=NCCNC(=O)Cc2ccc(F)cc2)NCC)CC1.I. The molecule has 1 aromatic rings. The Morgan fingerprint density at radius 3 is 2.48 bits per heavy atom. The molecule has 0 aromatic heterocycles. The molecule has 0 radical (unpaired) electrons. The van der Waals surface area contributed by atoms with Crippen LogP contribution in [0, 0.1) is 5.82 Å². The molecular weight excluding hydrogens is 484 g/mol. The lowest BCUT2D eigenvalue weighted by Gasteiger charge is -2.32. The van der Waals surface area contributed by atoms with E-state index in [1.165, 1.54) is 25.1 Å². The van der Waals surface area contributed by atoms with Crippen molar-refractivity contribution in [2.24, 2.45) is 4.99 Å². The van der Waals surface area contributed by atoms with Crippen LogP contribution in [0.4, 0.5) is 4.39 Å². The number of amides is 1. The first-order chi connectivity index (χ1) is 13.6. The number of hydrogen-bond donors (Lipinski definition) is 3. The summed E-state index contributed by atoms with van der Waals surface area (Å²) in [7, 11) is 0.